The molecule has 0 aliphatic carbocycles. The molecule has 36 heavy (non-hydrogen) atoms. The van der Waals surface area contributed by atoms with E-state index >= 15 is 8.78 Å². The van der Waals surface area contributed by atoms with Gasteiger partial charge in [-0.1, -0.05) is 0 Å². The number of ether oxygens (including phenoxy) is 2. The molecule has 9 nitrogen and oxygen atoms in total. The lowest BCUT2D eigenvalue weighted by atomic mass is 10.0. The highest BCUT2D eigenvalue weighted by Gasteiger charge is 2.29. The van der Waals surface area contributed by atoms with Crippen molar-refractivity contribution in [2.24, 2.45) is 0 Å². The third-order valence-electron chi connectivity index (χ3n) is 6.13. The van der Waals surface area contributed by atoms with Crippen LogP contribution in [0.25, 0.3) is 22.6 Å². The normalized spacial score (nSPS) is 15.8. The van der Waals surface area contributed by atoms with Crippen molar-refractivity contribution in [1.82, 2.24) is 23.8 Å². The average molecular weight is 492 g/mol. The van der Waals surface area contributed by atoms with E-state index < -0.39 is 23.8 Å². The average Bonchev–Trinajstić information content (AvgIpc) is 3.48. The van der Waals surface area contributed by atoms with Crippen LogP contribution >= 0.6 is 0 Å². The smallest absolute Gasteiger partial charge is 0.409 e. The molecule has 0 unspecified atom stereocenters. The molecule has 1 aliphatic heterocycles. The van der Waals surface area contributed by atoms with Gasteiger partial charge in [0, 0.05) is 25.4 Å². The predicted molar refractivity (Wildman–Crippen MR) is 125 cm³/mol. The molecular formula is C25H22F2N6O3. The fourth-order valence-electron chi connectivity index (χ4n) is 4.40. The zero-order valence-electron chi connectivity index (χ0n) is 19.6. The van der Waals surface area contributed by atoms with Crippen molar-refractivity contribution in [3.05, 3.63) is 71.6 Å². The van der Waals surface area contributed by atoms with Gasteiger partial charge in [0.25, 0.3) is 0 Å². The third kappa shape index (κ3) is 4.27. The minimum Gasteiger partial charge on any atom is -0.453 e. The first-order valence-electron chi connectivity index (χ1n) is 11.2. The molecule has 1 aliphatic rings. The van der Waals surface area contributed by atoms with Crippen LogP contribution in [0.2, 0.25) is 0 Å². The van der Waals surface area contributed by atoms with Crippen LogP contribution in [0, 0.1) is 29.9 Å². The molecule has 0 bridgehead atoms. The first-order chi connectivity index (χ1) is 17.4. The number of imidazole rings is 2. The van der Waals surface area contributed by atoms with Crippen molar-refractivity contribution >= 4 is 11.7 Å². The van der Waals surface area contributed by atoms with Crippen LogP contribution in [0.5, 0.6) is 0 Å². The molecule has 1 fully saturated rings. The fraction of sp³-hybridized carbons (Fsp3) is 0.280. The maximum Gasteiger partial charge on any atom is 0.409 e. The van der Waals surface area contributed by atoms with Gasteiger partial charge in [0.15, 0.2) is 5.69 Å². The number of halogens is 2. The highest BCUT2D eigenvalue weighted by molar-refractivity contribution is 5.70. The predicted octanol–water partition coefficient (Wildman–Crippen LogP) is 3.66. The second-order valence-corrected chi connectivity index (χ2v) is 8.51. The molecule has 1 saturated heterocycles. The highest BCUT2D eigenvalue weighted by atomic mass is 19.1. The summed E-state index contributed by atoms with van der Waals surface area (Å²) < 4.78 is 44.8. The molecule has 11 heteroatoms. The number of methoxy groups -OCH3 is 1. The number of pyridine rings is 1. The van der Waals surface area contributed by atoms with E-state index in [1.165, 1.54) is 41.2 Å². The first-order valence-corrected chi connectivity index (χ1v) is 11.2. The van der Waals surface area contributed by atoms with Crippen molar-refractivity contribution in [1.29, 1.82) is 5.26 Å². The van der Waals surface area contributed by atoms with Gasteiger partial charge in [-0.15, -0.1) is 0 Å². The number of benzene rings is 1. The number of amides is 1. The standard InChI is InChI=1S/C25H22F2N6O3/c1-15-3-4-33-21(10-18-13-31(5-6-36-18)25(34)35-2)24(30-22(33)7-15)23-19(26)8-17(9-20(23)27)32-12-16(11-28)29-14-32/h3-4,7-9,12,14,18H,5-6,10,13H2,1-2H3/t18-/m0/s1. The van der Waals surface area contributed by atoms with Crippen molar-refractivity contribution < 1.29 is 23.0 Å². The summed E-state index contributed by atoms with van der Waals surface area (Å²) in [5.74, 6) is -1.61. The lowest BCUT2D eigenvalue weighted by molar-refractivity contribution is -0.0241. The monoisotopic (exact) mass is 492 g/mol. The molecule has 0 radical (unpaired) electrons. The van der Waals surface area contributed by atoms with Gasteiger partial charge in [-0.05, 0) is 36.8 Å². The van der Waals surface area contributed by atoms with E-state index in [2.05, 4.69) is 9.97 Å². The van der Waals surface area contributed by atoms with E-state index in [4.69, 9.17) is 14.7 Å². The topological polar surface area (TPSA) is 97.7 Å². The lowest BCUT2D eigenvalue weighted by Gasteiger charge is -2.32. The van der Waals surface area contributed by atoms with E-state index in [-0.39, 0.29) is 35.6 Å². The molecule has 0 saturated carbocycles. The van der Waals surface area contributed by atoms with E-state index in [0.717, 1.165) is 5.56 Å². The summed E-state index contributed by atoms with van der Waals surface area (Å²) in [5, 5.41) is 8.99. The SMILES string of the molecule is COC(=O)N1CCO[C@@H](Cc2c(-c3c(F)cc(-n4cnc(C#N)c4)cc3F)nc3cc(C)ccn23)C1. The van der Waals surface area contributed by atoms with Crippen molar-refractivity contribution in [3.63, 3.8) is 0 Å². The number of hydrogen-bond donors (Lipinski definition) is 0. The van der Waals surface area contributed by atoms with Gasteiger partial charge in [-0.25, -0.2) is 23.5 Å². The molecule has 0 N–H and O–H groups in total. The Labute approximate surface area is 205 Å². The second kappa shape index (κ2) is 9.39. The Morgan fingerprint density at radius 3 is 2.78 bits per heavy atom. The van der Waals surface area contributed by atoms with Crippen LogP contribution in [0.1, 0.15) is 17.0 Å². The van der Waals surface area contributed by atoms with Crippen LogP contribution in [-0.4, -0.2) is 62.8 Å². The fourth-order valence-corrected chi connectivity index (χ4v) is 4.40. The highest BCUT2D eigenvalue weighted by Crippen LogP contribution is 2.33. The van der Waals surface area contributed by atoms with Crippen LogP contribution < -0.4 is 0 Å². The largest absolute Gasteiger partial charge is 0.453 e. The number of nitrogens with zero attached hydrogens (tertiary/aromatic N) is 6. The first kappa shape index (κ1) is 23.4. The number of carbonyl (C=O) groups excluding carboxylic acids is 1. The minimum atomic E-state index is -0.806. The number of rotatable bonds is 4. The molecule has 3 aromatic heterocycles. The van der Waals surface area contributed by atoms with E-state index in [1.54, 1.807) is 10.6 Å². The molecule has 4 aromatic rings. The molecule has 1 aromatic carbocycles. The van der Waals surface area contributed by atoms with Gasteiger partial charge >= 0.3 is 6.09 Å². The second-order valence-electron chi connectivity index (χ2n) is 8.51. The number of aryl methyl sites for hydroxylation is 1. The van der Waals surface area contributed by atoms with Gasteiger partial charge < -0.3 is 23.3 Å². The number of nitriles is 1. The Bertz CT molecular complexity index is 1480. The Morgan fingerprint density at radius 1 is 1.31 bits per heavy atom. The number of fused-ring (bicyclic) bond motifs is 1. The summed E-state index contributed by atoms with van der Waals surface area (Å²) in [4.78, 5) is 22.0. The van der Waals surface area contributed by atoms with Crippen molar-refractivity contribution in [2.45, 2.75) is 19.4 Å². The van der Waals surface area contributed by atoms with Gasteiger partial charge in [0.2, 0.25) is 0 Å². The number of hydrogen-bond acceptors (Lipinski definition) is 6. The third-order valence-corrected chi connectivity index (χ3v) is 6.13. The molecule has 1 atom stereocenters. The van der Waals surface area contributed by atoms with E-state index in [0.29, 0.717) is 24.5 Å². The van der Waals surface area contributed by atoms with Crippen LogP contribution in [0.3, 0.4) is 0 Å². The summed E-state index contributed by atoms with van der Waals surface area (Å²) in [6.07, 6.45) is 3.90. The van der Waals surface area contributed by atoms with Crippen LogP contribution in [-0.2, 0) is 15.9 Å². The maximum absolute atomic E-state index is 15.5. The summed E-state index contributed by atoms with van der Waals surface area (Å²) in [5.41, 5.74) is 2.25. The maximum atomic E-state index is 15.5. The molecule has 0 spiro atoms. The summed E-state index contributed by atoms with van der Waals surface area (Å²) in [7, 11) is 1.32. The zero-order chi connectivity index (χ0) is 25.4. The quantitative estimate of drug-likeness (QED) is 0.431. The lowest BCUT2D eigenvalue weighted by Crippen LogP contribution is -2.46. The van der Waals surface area contributed by atoms with Crippen molar-refractivity contribution in [2.75, 3.05) is 26.8 Å². The molecular weight excluding hydrogens is 470 g/mol. The Balaban J connectivity index is 1.58. The summed E-state index contributed by atoms with van der Waals surface area (Å²) in [6, 6.07) is 7.95. The van der Waals surface area contributed by atoms with Crippen LogP contribution in [0.4, 0.5) is 13.6 Å². The molecule has 1 amide bonds. The van der Waals surface area contributed by atoms with Gasteiger partial charge in [0.1, 0.15) is 29.7 Å². The van der Waals surface area contributed by atoms with Gasteiger partial charge in [-0.2, -0.15) is 5.26 Å². The summed E-state index contributed by atoms with van der Waals surface area (Å²) in [6.45, 7) is 2.90. The molecule has 184 valence electrons. The summed E-state index contributed by atoms with van der Waals surface area (Å²) >= 11 is 0. The van der Waals surface area contributed by atoms with Gasteiger partial charge in [0.05, 0.1) is 49.0 Å². The minimum absolute atomic E-state index is 0.131. The number of aromatic nitrogens is 4. The van der Waals surface area contributed by atoms with E-state index in [9.17, 15) is 4.79 Å². The number of carbonyl (C=O) groups is 1. The Morgan fingerprint density at radius 2 is 2.08 bits per heavy atom. The van der Waals surface area contributed by atoms with Crippen LogP contribution in [0.15, 0.2) is 43.0 Å². The molecule has 5 rings (SSSR count). The zero-order valence-corrected chi connectivity index (χ0v) is 19.6. The molecule has 4 heterocycles. The Hall–Kier alpha value is -4.30. The Kier molecular flexibility index (Phi) is 6.12. The van der Waals surface area contributed by atoms with Crippen molar-refractivity contribution in [3.8, 4) is 23.0 Å². The van der Waals surface area contributed by atoms with Gasteiger partial charge in [-0.3, -0.25) is 0 Å². The number of morpholine rings is 1. The van der Waals surface area contributed by atoms with E-state index in [1.807, 2.05) is 25.1 Å².